The highest BCUT2D eigenvalue weighted by molar-refractivity contribution is 5.97. The van der Waals surface area contributed by atoms with Crippen LogP contribution in [0.25, 0.3) is 11.1 Å². The zero-order chi connectivity index (χ0) is 18.6. The van der Waals surface area contributed by atoms with E-state index in [1.54, 1.807) is 37.0 Å². The minimum absolute atomic E-state index is 0.158. The van der Waals surface area contributed by atoms with Crippen molar-refractivity contribution in [1.82, 2.24) is 19.4 Å². The first-order valence-corrected chi connectivity index (χ1v) is 8.76. The third kappa shape index (κ3) is 3.76. The Morgan fingerprint density at radius 3 is 2.85 bits per heavy atom. The molecule has 6 nitrogen and oxygen atoms in total. The molecule has 0 unspecified atom stereocenters. The van der Waals surface area contributed by atoms with Crippen LogP contribution < -0.4 is 5.32 Å². The third-order valence-electron chi connectivity index (χ3n) is 4.45. The number of amides is 1. The van der Waals surface area contributed by atoms with Gasteiger partial charge in [0.1, 0.15) is 11.5 Å². The van der Waals surface area contributed by atoms with E-state index in [9.17, 15) is 9.18 Å². The second kappa shape index (κ2) is 7.49. The quantitative estimate of drug-likeness (QED) is 0.510. The number of rotatable bonds is 7. The van der Waals surface area contributed by atoms with Gasteiger partial charge in [0.05, 0.1) is 18.1 Å². The van der Waals surface area contributed by atoms with Crippen molar-refractivity contribution < 1.29 is 13.6 Å². The molecular formula is C20H19FN4O2. The molecule has 27 heavy (non-hydrogen) atoms. The van der Waals surface area contributed by atoms with E-state index in [2.05, 4.69) is 10.3 Å². The summed E-state index contributed by atoms with van der Waals surface area (Å²) in [6, 6.07) is 9.84. The Balaban J connectivity index is 1.47. The summed E-state index contributed by atoms with van der Waals surface area (Å²) in [5.41, 5.74) is 2.92. The van der Waals surface area contributed by atoms with E-state index in [4.69, 9.17) is 4.42 Å². The maximum absolute atomic E-state index is 13.2. The van der Waals surface area contributed by atoms with Crippen LogP contribution in [0, 0.1) is 5.82 Å². The number of carbonyl (C=O) groups excluding carboxylic acids is 1. The lowest BCUT2D eigenvalue weighted by atomic mass is 10.2. The molecule has 0 radical (unpaired) electrons. The number of halogens is 1. The summed E-state index contributed by atoms with van der Waals surface area (Å²) in [5.74, 6) is -0.440. The van der Waals surface area contributed by atoms with E-state index >= 15 is 0 Å². The summed E-state index contributed by atoms with van der Waals surface area (Å²) in [5, 5.41) is 2.95. The largest absolute Gasteiger partial charge is 0.463 e. The first-order valence-electron chi connectivity index (χ1n) is 8.76. The van der Waals surface area contributed by atoms with Gasteiger partial charge in [-0.2, -0.15) is 0 Å². The highest BCUT2D eigenvalue weighted by atomic mass is 19.1. The second-order valence-electron chi connectivity index (χ2n) is 6.32. The van der Waals surface area contributed by atoms with E-state index < -0.39 is 0 Å². The summed E-state index contributed by atoms with van der Waals surface area (Å²) < 4.78 is 22.5. The molecule has 0 aliphatic carbocycles. The molecule has 1 aromatic carbocycles. The lowest BCUT2D eigenvalue weighted by Crippen LogP contribution is -2.27. The SMILES string of the molecule is O=C(NCCCn1ccnc1)c1cc2occc2n1Cc1ccc(F)cc1. The molecule has 0 spiro atoms. The van der Waals surface area contributed by atoms with Crippen molar-refractivity contribution in [1.29, 1.82) is 0 Å². The number of nitrogens with zero attached hydrogens (tertiary/aromatic N) is 3. The Hall–Kier alpha value is -3.35. The van der Waals surface area contributed by atoms with Crippen LogP contribution in [0.15, 0.2) is 65.8 Å². The van der Waals surface area contributed by atoms with Crippen molar-refractivity contribution in [3.8, 4) is 0 Å². The van der Waals surface area contributed by atoms with Crippen LogP contribution in [-0.2, 0) is 13.1 Å². The van der Waals surface area contributed by atoms with Gasteiger partial charge in [-0.1, -0.05) is 12.1 Å². The number of aryl methyl sites for hydroxylation is 1. The van der Waals surface area contributed by atoms with Crippen molar-refractivity contribution in [3.63, 3.8) is 0 Å². The third-order valence-corrected chi connectivity index (χ3v) is 4.45. The second-order valence-corrected chi connectivity index (χ2v) is 6.32. The molecule has 0 aliphatic heterocycles. The summed E-state index contributed by atoms with van der Waals surface area (Å²) in [4.78, 5) is 16.7. The molecule has 0 fully saturated rings. The van der Waals surface area contributed by atoms with Crippen LogP contribution >= 0.6 is 0 Å². The molecule has 1 amide bonds. The van der Waals surface area contributed by atoms with Gasteiger partial charge in [-0.15, -0.1) is 0 Å². The standard InChI is InChI=1S/C20H19FN4O2/c21-16-4-2-15(3-5-16)13-25-17-6-11-27-19(17)12-18(25)20(26)23-7-1-9-24-10-8-22-14-24/h2-6,8,10-12,14H,1,7,9,13H2,(H,23,26). The summed E-state index contributed by atoms with van der Waals surface area (Å²) in [7, 11) is 0. The average Bonchev–Trinajstić information content (AvgIpc) is 3.39. The maximum Gasteiger partial charge on any atom is 0.268 e. The van der Waals surface area contributed by atoms with Gasteiger partial charge >= 0.3 is 0 Å². The normalized spacial score (nSPS) is 11.1. The number of hydrogen-bond acceptors (Lipinski definition) is 3. The number of benzene rings is 1. The van der Waals surface area contributed by atoms with Crippen LogP contribution in [0.1, 0.15) is 22.5 Å². The fourth-order valence-electron chi connectivity index (χ4n) is 3.08. The molecule has 0 saturated heterocycles. The van der Waals surface area contributed by atoms with Gasteiger partial charge in [-0.3, -0.25) is 4.79 Å². The fraction of sp³-hybridized carbons (Fsp3) is 0.200. The van der Waals surface area contributed by atoms with Gasteiger partial charge in [0.15, 0.2) is 5.58 Å². The van der Waals surface area contributed by atoms with E-state index in [-0.39, 0.29) is 11.7 Å². The highest BCUT2D eigenvalue weighted by Crippen LogP contribution is 2.22. The molecule has 3 aromatic heterocycles. The van der Waals surface area contributed by atoms with Crippen molar-refractivity contribution in [2.45, 2.75) is 19.5 Å². The zero-order valence-electron chi connectivity index (χ0n) is 14.6. The van der Waals surface area contributed by atoms with E-state index in [0.717, 1.165) is 24.0 Å². The number of carbonyl (C=O) groups is 1. The van der Waals surface area contributed by atoms with Crippen molar-refractivity contribution in [3.05, 3.63) is 78.5 Å². The minimum Gasteiger partial charge on any atom is -0.463 e. The molecule has 3 heterocycles. The summed E-state index contributed by atoms with van der Waals surface area (Å²) in [6.07, 6.45) is 7.78. The van der Waals surface area contributed by atoms with Gasteiger partial charge in [-0.05, 0) is 24.1 Å². The Bertz CT molecular complexity index is 1030. The number of hydrogen-bond donors (Lipinski definition) is 1. The summed E-state index contributed by atoms with van der Waals surface area (Å²) >= 11 is 0. The predicted octanol–water partition coefficient (Wildman–Crippen LogP) is 3.44. The lowest BCUT2D eigenvalue weighted by Gasteiger charge is -2.11. The maximum atomic E-state index is 13.2. The lowest BCUT2D eigenvalue weighted by molar-refractivity contribution is 0.0944. The molecule has 0 aliphatic rings. The molecule has 7 heteroatoms. The number of furan rings is 1. The van der Waals surface area contributed by atoms with Gasteiger partial charge < -0.3 is 18.9 Å². The van der Waals surface area contributed by atoms with Crippen molar-refractivity contribution >= 4 is 17.0 Å². The van der Waals surface area contributed by atoms with Gasteiger partial charge in [-0.25, -0.2) is 9.37 Å². The molecule has 0 atom stereocenters. The van der Waals surface area contributed by atoms with Crippen LogP contribution in [0.2, 0.25) is 0 Å². The molecule has 1 N–H and O–H groups in total. The van der Waals surface area contributed by atoms with Crippen LogP contribution in [0.5, 0.6) is 0 Å². The Labute approximate surface area is 155 Å². The molecule has 138 valence electrons. The van der Waals surface area contributed by atoms with Gasteiger partial charge in [0.2, 0.25) is 0 Å². The van der Waals surface area contributed by atoms with Crippen molar-refractivity contribution in [2.75, 3.05) is 6.54 Å². The average molecular weight is 366 g/mol. The van der Waals surface area contributed by atoms with Crippen LogP contribution in [-0.4, -0.2) is 26.6 Å². The number of imidazole rings is 1. The Kier molecular flexibility index (Phi) is 4.74. The first kappa shape index (κ1) is 17.1. The minimum atomic E-state index is -0.282. The summed E-state index contributed by atoms with van der Waals surface area (Å²) in [6.45, 7) is 1.81. The van der Waals surface area contributed by atoms with Crippen molar-refractivity contribution in [2.24, 2.45) is 0 Å². The topological polar surface area (TPSA) is 65.0 Å². The number of aromatic nitrogens is 3. The van der Waals surface area contributed by atoms with E-state index in [1.165, 1.54) is 12.1 Å². The van der Waals surface area contributed by atoms with Crippen LogP contribution in [0.4, 0.5) is 4.39 Å². The van der Waals surface area contributed by atoms with E-state index in [0.29, 0.717) is 24.4 Å². The molecule has 0 bridgehead atoms. The van der Waals surface area contributed by atoms with E-state index in [1.807, 2.05) is 21.4 Å². The molecule has 4 aromatic rings. The number of nitrogens with one attached hydrogen (secondary N) is 1. The first-order chi connectivity index (χ1) is 13.2. The van der Waals surface area contributed by atoms with Gasteiger partial charge in [0, 0.05) is 44.2 Å². The monoisotopic (exact) mass is 366 g/mol. The zero-order valence-corrected chi connectivity index (χ0v) is 14.6. The van der Waals surface area contributed by atoms with Gasteiger partial charge in [0.25, 0.3) is 5.91 Å². The molecular weight excluding hydrogens is 347 g/mol. The molecule has 4 rings (SSSR count). The fourth-order valence-corrected chi connectivity index (χ4v) is 3.08. The highest BCUT2D eigenvalue weighted by Gasteiger charge is 2.17. The Morgan fingerprint density at radius 1 is 1.22 bits per heavy atom. The van der Waals surface area contributed by atoms with Crippen LogP contribution in [0.3, 0.4) is 0 Å². The predicted molar refractivity (Wildman–Crippen MR) is 98.9 cm³/mol. The smallest absolute Gasteiger partial charge is 0.268 e. The molecule has 0 saturated carbocycles. The number of fused-ring (bicyclic) bond motifs is 1. The Morgan fingerprint density at radius 2 is 2.07 bits per heavy atom.